The van der Waals surface area contributed by atoms with Crippen LogP contribution in [0.3, 0.4) is 0 Å². The third-order valence-corrected chi connectivity index (χ3v) is 5.21. The Balaban J connectivity index is 1.81. The highest BCUT2D eigenvalue weighted by Crippen LogP contribution is 2.40. The molecule has 1 saturated heterocycles. The number of aliphatic hydroxyl groups is 1. The molecule has 0 aliphatic carbocycles. The summed E-state index contributed by atoms with van der Waals surface area (Å²) in [7, 11) is 3.95. The molecule has 1 aromatic carbocycles. The van der Waals surface area contributed by atoms with Crippen LogP contribution in [0.4, 0.5) is 0 Å². The van der Waals surface area contributed by atoms with Crippen molar-refractivity contribution < 1.29 is 29.1 Å². The molecule has 1 aromatic heterocycles. The van der Waals surface area contributed by atoms with Crippen LogP contribution in [0.1, 0.15) is 17.2 Å². The number of likely N-dealkylation sites (tertiary alicyclic amines) is 1. The van der Waals surface area contributed by atoms with Gasteiger partial charge in [0.05, 0.1) is 38.8 Å². The summed E-state index contributed by atoms with van der Waals surface area (Å²) in [6.45, 7) is 1.90. The molecule has 30 heavy (non-hydrogen) atoms. The lowest BCUT2D eigenvalue weighted by Crippen LogP contribution is -3.06. The number of likely N-dealkylation sites (N-methyl/N-ethyl adjacent to an activating group) is 1. The number of hydrogen-bond donors (Lipinski definition) is 2. The van der Waals surface area contributed by atoms with Gasteiger partial charge in [-0.2, -0.15) is 0 Å². The summed E-state index contributed by atoms with van der Waals surface area (Å²) in [6.07, 6.45) is 3.24. The first-order valence-electron chi connectivity index (χ1n) is 9.84. The average molecular weight is 410 g/mol. The van der Waals surface area contributed by atoms with Gasteiger partial charge in [-0.3, -0.25) is 14.6 Å². The van der Waals surface area contributed by atoms with Crippen molar-refractivity contribution in [1.82, 2.24) is 9.88 Å². The lowest BCUT2D eigenvalue weighted by Gasteiger charge is -2.25. The van der Waals surface area contributed by atoms with Crippen LogP contribution in [0.5, 0.6) is 11.5 Å². The summed E-state index contributed by atoms with van der Waals surface area (Å²) in [4.78, 5) is 32.6. The molecule has 2 aliphatic heterocycles. The quantitative estimate of drug-likeness (QED) is 0.422. The number of ketones is 1. The lowest BCUT2D eigenvalue weighted by molar-refractivity contribution is -0.857. The number of quaternary nitrogens is 1. The number of nitrogens with one attached hydrogen (secondary N) is 1. The Bertz CT molecular complexity index is 1000. The van der Waals surface area contributed by atoms with Gasteiger partial charge < -0.3 is 24.4 Å². The fraction of sp³-hybridized carbons (Fsp3) is 0.318. The monoisotopic (exact) mass is 410 g/mol. The molecule has 2 N–H and O–H groups in total. The molecule has 0 spiro atoms. The summed E-state index contributed by atoms with van der Waals surface area (Å²) in [5.41, 5.74) is 1.12. The molecule has 0 radical (unpaired) electrons. The number of aliphatic hydroxyl groups excluding tert-OH is 1. The number of carbonyl (C=O) groups excluding carboxylic acids is 2. The van der Waals surface area contributed by atoms with Gasteiger partial charge in [0.1, 0.15) is 19.0 Å². The Kier molecular flexibility index (Phi) is 5.41. The van der Waals surface area contributed by atoms with E-state index in [-0.39, 0.29) is 11.3 Å². The van der Waals surface area contributed by atoms with Gasteiger partial charge in [0.2, 0.25) is 0 Å². The zero-order valence-corrected chi connectivity index (χ0v) is 16.9. The van der Waals surface area contributed by atoms with E-state index in [2.05, 4.69) is 4.98 Å². The fourth-order valence-corrected chi connectivity index (χ4v) is 3.69. The zero-order chi connectivity index (χ0) is 21.3. The van der Waals surface area contributed by atoms with Gasteiger partial charge in [-0.25, -0.2) is 0 Å². The Labute approximate surface area is 174 Å². The van der Waals surface area contributed by atoms with Crippen molar-refractivity contribution in [2.75, 3.05) is 40.4 Å². The molecule has 0 saturated carbocycles. The minimum absolute atomic E-state index is 0.0541. The highest BCUT2D eigenvalue weighted by molar-refractivity contribution is 6.46. The topological polar surface area (TPSA) is 93.4 Å². The van der Waals surface area contributed by atoms with E-state index in [0.29, 0.717) is 48.9 Å². The number of nitrogens with zero attached hydrogens (tertiary/aromatic N) is 2. The maximum Gasteiger partial charge on any atom is 0.295 e. The number of hydrogen-bond acceptors (Lipinski definition) is 6. The first-order chi connectivity index (χ1) is 14.5. The number of ether oxygens (including phenoxy) is 2. The second kappa shape index (κ2) is 8.16. The van der Waals surface area contributed by atoms with Crippen LogP contribution in [0, 0.1) is 0 Å². The number of pyridine rings is 1. The molecule has 2 aliphatic rings. The van der Waals surface area contributed by atoms with E-state index in [1.165, 1.54) is 4.90 Å². The standard InChI is InChI=1S/C22H23N3O5/c1-24(2)8-9-25-19(15-4-3-7-23-13-15)18(21(27)22(25)28)20(26)14-5-6-16-17(12-14)30-11-10-29-16/h3-7,12-13,19,26H,8-11H2,1-2H3/p+1/t19-/m0/s1. The minimum Gasteiger partial charge on any atom is -0.507 e. The molecule has 1 amide bonds. The third kappa shape index (κ3) is 3.61. The van der Waals surface area contributed by atoms with E-state index in [4.69, 9.17) is 9.47 Å². The van der Waals surface area contributed by atoms with Gasteiger partial charge in [0.15, 0.2) is 11.5 Å². The number of rotatable bonds is 5. The number of benzene rings is 1. The Morgan fingerprint density at radius 1 is 1.20 bits per heavy atom. The summed E-state index contributed by atoms with van der Waals surface area (Å²) >= 11 is 0. The third-order valence-electron chi connectivity index (χ3n) is 5.21. The van der Waals surface area contributed by atoms with Gasteiger partial charge in [-0.15, -0.1) is 0 Å². The summed E-state index contributed by atoms with van der Waals surface area (Å²) in [5, 5.41) is 11.1. The molecule has 1 atom stereocenters. The Morgan fingerprint density at radius 3 is 2.67 bits per heavy atom. The first-order valence-corrected chi connectivity index (χ1v) is 9.84. The van der Waals surface area contributed by atoms with Crippen LogP contribution in [0.15, 0.2) is 48.3 Å². The normalized spacial score (nSPS) is 20.1. The van der Waals surface area contributed by atoms with Crippen molar-refractivity contribution in [2.45, 2.75) is 6.04 Å². The molecular weight excluding hydrogens is 386 g/mol. The van der Waals surface area contributed by atoms with Crippen LogP contribution >= 0.6 is 0 Å². The SMILES string of the molecule is C[NH+](C)CCN1C(=O)C(=O)C(=C(O)c2ccc3c(c2)OCCO3)[C@@H]1c1cccnc1. The Hall–Kier alpha value is -3.39. The van der Waals surface area contributed by atoms with E-state index >= 15 is 0 Å². The molecule has 8 heteroatoms. The largest absolute Gasteiger partial charge is 0.507 e. The molecule has 8 nitrogen and oxygen atoms in total. The van der Waals surface area contributed by atoms with Crippen molar-refractivity contribution in [3.05, 3.63) is 59.4 Å². The van der Waals surface area contributed by atoms with Crippen molar-refractivity contribution in [2.24, 2.45) is 0 Å². The predicted molar refractivity (Wildman–Crippen MR) is 108 cm³/mol. The van der Waals surface area contributed by atoms with E-state index in [1.54, 1.807) is 42.7 Å². The molecule has 0 bridgehead atoms. The summed E-state index contributed by atoms with van der Waals surface area (Å²) in [6, 6.07) is 7.81. The summed E-state index contributed by atoms with van der Waals surface area (Å²) < 4.78 is 11.1. The van der Waals surface area contributed by atoms with Crippen LogP contribution < -0.4 is 14.4 Å². The molecule has 3 heterocycles. The number of carbonyl (C=O) groups is 2. The van der Waals surface area contributed by atoms with Gasteiger partial charge in [-0.1, -0.05) is 6.07 Å². The number of aromatic nitrogens is 1. The van der Waals surface area contributed by atoms with Crippen LogP contribution in [0.2, 0.25) is 0 Å². The summed E-state index contributed by atoms with van der Waals surface area (Å²) in [5.74, 6) is -0.488. The van der Waals surface area contributed by atoms with Crippen molar-refractivity contribution in [3.63, 3.8) is 0 Å². The molecule has 0 unspecified atom stereocenters. The van der Waals surface area contributed by atoms with Crippen LogP contribution in [-0.4, -0.2) is 67.1 Å². The van der Waals surface area contributed by atoms with Gasteiger partial charge in [0.25, 0.3) is 11.7 Å². The highest BCUT2D eigenvalue weighted by atomic mass is 16.6. The minimum atomic E-state index is -0.704. The molecule has 1 fully saturated rings. The van der Waals surface area contributed by atoms with Crippen LogP contribution in [-0.2, 0) is 9.59 Å². The fourth-order valence-electron chi connectivity index (χ4n) is 3.69. The van der Waals surface area contributed by atoms with Crippen molar-refractivity contribution in [3.8, 4) is 11.5 Å². The van der Waals surface area contributed by atoms with Crippen molar-refractivity contribution in [1.29, 1.82) is 0 Å². The molecule has 2 aromatic rings. The second-order valence-electron chi connectivity index (χ2n) is 7.59. The molecular formula is C22H24N3O5+. The number of amides is 1. The second-order valence-corrected chi connectivity index (χ2v) is 7.59. The first kappa shape index (κ1) is 19.9. The van der Waals surface area contributed by atoms with E-state index in [9.17, 15) is 14.7 Å². The highest BCUT2D eigenvalue weighted by Gasteiger charge is 2.46. The van der Waals surface area contributed by atoms with E-state index < -0.39 is 17.7 Å². The maximum atomic E-state index is 13.0. The predicted octanol–water partition coefficient (Wildman–Crippen LogP) is 0.419. The zero-order valence-electron chi connectivity index (χ0n) is 16.9. The van der Waals surface area contributed by atoms with E-state index in [1.807, 2.05) is 14.1 Å². The number of Topliss-reactive ketones (excluding diaryl/α,β-unsaturated/α-hetero) is 1. The van der Waals surface area contributed by atoms with Gasteiger partial charge in [0, 0.05) is 18.0 Å². The van der Waals surface area contributed by atoms with E-state index in [0.717, 1.165) is 4.90 Å². The van der Waals surface area contributed by atoms with Gasteiger partial charge in [-0.05, 0) is 29.8 Å². The molecule has 4 rings (SSSR count). The lowest BCUT2D eigenvalue weighted by atomic mass is 9.96. The number of fused-ring (bicyclic) bond motifs is 1. The van der Waals surface area contributed by atoms with Crippen molar-refractivity contribution >= 4 is 17.4 Å². The Morgan fingerprint density at radius 2 is 1.97 bits per heavy atom. The smallest absolute Gasteiger partial charge is 0.295 e. The molecule has 156 valence electrons. The average Bonchev–Trinajstić information content (AvgIpc) is 3.02. The maximum absolute atomic E-state index is 13.0. The van der Waals surface area contributed by atoms with Gasteiger partial charge >= 0.3 is 0 Å². The van der Waals surface area contributed by atoms with Crippen LogP contribution in [0.25, 0.3) is 5.76 Å².